The molecule has 0 radical (unpaired) electrons. The Morgan fingerprint density at radius 2 is 1.80 bits per heavy atom. The number of halogens is 1. The molecule has 7 heteroatoms. The van der Waals surface area contributed by atoms with Crippen molar-refractivity contribution >= 4 is 38.8 Å². The highest BCUT2D eigenvalue weighted by atomic mass is 127. The van der Waals surface area contributed by atoms with Gasteiger partial charge in [-0.05, 0) is 31.3 Å². The molecule has 0 aliphatic carbocycles. The second kappa shape index (κ2) is 4.90. The van der Waals surface area contributed by atoms with Crippen LogP contribution in [-0.4, -0.2) is 21.4 Å². The second-order valence-electron chi connectivity index (χ2n) is 2.66. The number of hydrogen-bond acceptors (Lipinski definition) is 3. The minimum atomic E-state index is -3.43. The zero-order valence-corrected chi connectivity index (χ0v) is 10.8. The van der Waals surface area contributed by atoms with Gasteiger partial charge in [-0.3, -0.25) is 8.32 Å². The summed E-state index contributed by atoms with van der Waals surface area (Å²) in [6, 6.07) is 5.68. The van der Waals surface area contributed by atoms with Crippen molar-refractivity contribution in [3.8, 4) is 0 Å². The van der Waals surface area contributed by atoms with Gasteiger partial charge in [0, 0.05) is 5.56 Å². The van der Waals surface area contributed by atoms with Crippen LogP contribution in [0.2, 0.25) is 0 Å². The number of nitrogens with one attached hydrogen (secondary N) is 2. The molecule has 15 heavy (non-hydrogen) atoms. The average molecular weight is 340 g/mol. The van der Waals surface area contributed by atoms with Gasteiger partial charge in [-0.25, -0.2) is 13.1 Å². The van der Waals surface area contributed by atoms with Gasteiger partial charge in [-0.2, -0.15) is 0 Å². The lowest BCUT2D eigenvalue weighted by Crippen LogP contribution is -2.19. The van der Waals surface area contributed by atoms with E-state index in [0.717, 1.165) is 0 Å². The quantitative estimate of drug-likeness (QED) is 0.628. The maximum absolute atomic E-state index is 11.3. The first-order chi connectivity index (χ1) is 7.01. The first-order valence-corrected chi connectivity index (χ1v) is 6.52. The van der Waals surface area contributed by atoms with Gasteiger partial charge < -0.3 is 0 Å². The minimum absolute atomic E-state index is 0.134. The summed E-state index contributed by atoms with van der Waals surface area (Å²) < 4.78 is 27.3. The average Bonchev–Trinajstić information content (AvgIpc) is 2.28. The second-order valence-corrected chi connectivity index (χ2v) is 5.08. The third-order valence-electron chi connectivity index (χ3n) is 1.78. The van der Waals surface area contributed by atoms with Gasteiger partial charge in [0.2, 0.25) is 10.0 Å². The SMILES string of the molecule is CNS(=O)(=O)c1ccc(C(=O)NI)cc1. The number of carbonyl (C=O) groups is 1. The van der Waals surface area contributed by atoms with Crippen molar-refractivity contribution in [1.29, 1.82) is 0 Å². The van der Waals surface area contributed by atoms with E-state index in [4.69, 9.17) is 0 Å². The van der Waals surface area contributed by atoms with Crippen LogP contribution in [0.4, 0.5) is 0 Å². The number of amides is 1. The van der Waals surface area contributed by atoms with Gasteiger partial charge in [-0.1, -0.05) is 0 Å². The topological polar surface area (TPSA) is 75.3 Å². The number of hydrogen-bond donors (Lipinski definition) is 2. The van der Waals surface area contributed by atoms with Crippen molar-refractivity contribution in [2.45, 2.75) is 4.90 Å². The fraction of sp³-hybridized carbons (Fsp3) is 0.125. The molecule has 0 aromatic heterocycles. The molecule has 0 fully saturated rings. The van der Waals surface area contributed by atoms with Crippen LogP contribution in [0, 0.1) is 0 Å². The van der Waals surface area contributed by atoms with Crippen LogP contribution in [0.1, 0.15) is 10.4 Å². The molecule has 1 rings (SSSR count). The lowest BCUT2D eigenvalue weighted by atomic mass is 10.2. The first kappa shape index (κ1) is 12.4. The Kier molecular flexibility index (Phi) is 4.05. The summed E-state index contributed by atoms with van der Waals surface area (Å²) in [6.45, 7) is 0. The summed E-state index contributed by atoms with van der Waals surface area (Å²) in [7, 11) is -2.10. The molecule has 0 spiro atoms. The van der Waals surface area contributed by atoms with Gasteiger partial charge in [0.15, 0.2) is 0 Å². The molecule has 1 aromatic rings. The van der Waals surface area contributed by atoms with E-state index in [9.17, 15) is 13.2 Å². The number of sulfonamides is 1. The van der Waals surface area contributed by atoms with Crippen LogP contribution >= 0.6 is 22.9 Å². The van der Waals surface area contributed by atoms with E-state index in [0.29, 0.717) is 5.56 Å². The summed E-state index contributed by atoms with van der Waals surface area (Å²) >= 11 is 1.72. The number of carbonyl (C=O) groups excluding carboxylic acids is 1. The van der Waals surface area contributed by atoms with Gasteiger partial charge >= 0.3 is 0 Å². The Bertz CT molecular complexity index is 455. The Hall–Kier alpha value is -0.670. The van der Waals surface area contributed by atoms with Gasteiger partial charge in [0.05, 0.1) is 27.8 Å². The summed E-state index contributed by atoms with van der Waals surface area (Å²) in [6.07, 6.45) is 0. The largest absolute Gasteiger partial charge is 0.295 e. The zero-order chi connectivity index (χ0) is 11.5. The summed E-state index contributed by atoms with van der Waals surface area (Å²) in [5.41, 5.74) is 0.416. The van der Waals surface area contributed by atoms with Crippen molar-refractivity contribution in [1.82, 2.24) is 8.25 Å². The predicted molar refractivity (Wildman–Crippen MR) is 64.2 cm³/mol. The van der Waals surface area contributed by atoms with Crippen LogP contribution in [0.25, 0.3) is 0 Å². The van der Waals surface area contributed by atoms with Crippen molar-refractivity contribution in [2.24, 2.45) is 0 Å². The molecule has 82 valence electrons. The van der Waals surface area contributed by atoms with Crippen LogP contribution in [0.5, 0.6) is 0 Å². The zero-order valence-electron chi connectivity index (χ0n) is 7.82. The van der Waals surface area contributed by atoms with Crippen molar-refractivity contribution in [3.05, 3.63) is 29.8 Å². The standard InChI is InChI=1S/C8H9IN2O3S/c1-10-15(13,14)7-4-2-6(3-5-7)8(12)11-9/h2-5,10H,1H3,(H,11,12). The van der Waals surface area contributed by atoms with Crippen molar-refractivity contribution < 1.29 is 13.2 Å². The molecule has 0 unspecified atom stereocenters. The van der Waals surface area contributed by atoms with Crippen LogP contribution in [0.15, 0.2) is 29.2 Å². The molecule has 0 aliphatic heterocycles. The summed E-state index contributed by atoms with van der Waals surface area (Å²) in [5, 5.41) is 0. The molecule has 5 nitrogen and oxygen atoms in total. The monoisotopic (exact) mass is 340 g/mol. The maximum atomic E-state index is 11.3. The smallest absolute Gasteiger partial charge is 0.259 e. The Morgan fingerprint density at radius 1 is 1.27 bits per heavy atom. The lowest BCUT2D eigenvalue weighted by Gasteiger charge is -2.03. The van der Waals surface area contributed by atoms with Crippen LogP contribution in [-0.2, 0) is 10.0 Å². The molecule has 0 aliphatic rings. The molecule has 2 N–H and O–H groups in total. The van der Waals surface area contributed by atoms with Gasteiger partial charge in [0.1, 0.15) is 0 Å². The van der Waals surface area contributed by atoms with E-state index in [-0.39, 0.29) is 10.8 Å². The molecule has 0 heterocycles. The normalized spacial score (nSPS) is 11.1. The van der Waals surface area contributed by atoms with Gasteiger partial charge in [-0.15, -0.1) is 0 Å². The molecule has 0 atom stereocenters. The van der Waals surface area contributed by atoms with E-state index >= 15 is 0 Å². The Morgan fingerprint density at radius 3 is 2.20 bits per heavy atom. The molecular formula is C8H9IN2O3S. The van der Waals surface area contributed by atoms with Crippen molar-refractivity contribution in [2.75, 3.05) is 7.05 Å². The van der Waals surface area contributed by atoms with E-state index in [1.807, 2.05) is 0 Å². The highest BCUT2D eigenvalue weighted by Gasteiger charge is 2.11. The van der Waals surface area contributed by atoms with E-state index < -0.39 is 10.0 Å². The van der Waals surface area contributed by atoms with Gasteiger partial charge in [0.25, 0.3) is 5.91 Å². The number of rotatable bonds is 3. The molecule has 0 saturated heterocycles. The predicted octanol–water partition coefficient (Wildman–Crippen LogP) is 0.675. The highest BCUT2D eigenvalue weighted by Crippen LogP contribution is 2.10. The number of benzene rings is 1. The highest BCUT2D eigenvalue weighted by molar-refractivity contribution is 14.1. The Labute approximate surface area is 102 Å². The van der Waals surface area contributed by atoms with Crippen LogP contribution < -0.4 is 8.25 Å². The molecule has 0 saturated carbocycles. The Balaban J connectivity index is 3.06. The molecular weight excluding hydrogens is 331 g/mol. The lowest BCUT2D eigenvalue weighted by molar-refractivity contribution is 0.0989. The third-order valence-corrected chi connectivity index (χ3v) is 3.70. The van der Waals surface area contributed by atoms with E-state index in [2.05, 4.69) is 8.25 Å². The minimum Gasteiger partial charge on any atom is -0.295 e. The fourth-order valence-electron chi connectivity index (χ4n) is 0.958. The molecule has 1 amide bonds. The summed E-state index contributed by atoms with van der Waals surface area (Å²) in [5.74, 6) is -0.260. The van der Waals surface area contributed by atoms with Crippen LogP contribution in [0.3, 0.4) is 0 Å². The maximum Gasteiger partial charge on any atom is 0.259 e. The van der Waals surface area contributed by atoms with E-state index in [1.54, 1.807) is 22.9 Å². The first-order valence-electron chi connectivity index (χ1n) is 3.96. The fourth-order valence-corrected chi connectivity index (χ4v) is 2.00. The van der Waals surface area contributed by atoms with E-state index in [1.165, 1.54) is 31.3 Å². The molecule has 1 aromatic carbocycles. The summed E-state index contributed by atoms with van der Waals surface area (Å²) in [4.78, 5) is 11.3. The van der Waals surface area contributed by atoms with Crippen molar-refractivity contribution in [3.63, 3.8) is 0 Å². The third kappa shape index (κ3) is 2.89. The molecule has 0 bridgehead atoms.